The molecule has 4 rings (SSSR count). The monoisotopic (exact) mass is 398 g/mol. The third-order valence-electron chi connectivity index (χ3n) is 4.88. The van der Waals surface area contributed by atoms with Gasteiger partial charge in [-0.1, -0.05) is 29.8 Å². The van der Waals surface area contributed by atoms with Gasteiger partial charge in [-0.2, -0.15) is 5.10 Å². The van der Waals surface area contributed by atoms with Gasteiger partial charge in [-0.25, -0.2) is 0 Å². The number of hydrogen-bond acceptors (Lipinski definition) is 5. The third kappa shape index (κ3) is 3.19. The van der Waals surface area contributed by atoms with Gasteiger partial charge < -0.3 is 20.1 Å². The number of methoxy groups -OCH3 is 1. The zero-order chi connectivity index (χ0) is 19.7. The predicted octanol–water partition coefficient (Wildman–Crippen LogP) is 3.30. The minimum absolute atomic E-state index is 0.152. The van der Waals surface area contributed by atoms with E-state index in [1.807, 2.05) is 36.4 Å². The topological polar surface area (TPSA) is 90.5 Å². The molecule has 3 aromatic rings. The fourth-order valence-electron chi connectivity index (χ4n) is 3.40. The van der Waals surface area contributed by atoms with Gasteiger partial charge in [0, 0.05) is 11.3 Å². The summed E-state index contributed by atoms with van der Waals surface area (Å²) in [4.78, 5) is 14.7. The van der Waals surface area contributed by atoms with E-state index in [4.69, 9.17) is 16.3 Å². The number of nitrogens with one attached hydrogen (secondary N) is 2. The van der Waals surface area contributed by atoms with E-state index in [0.717, 1.165) is 22.4 Å². The standard InChI is InChI=1S/C20H19ClN4O3/c1-28-14-4-2-3-13(7-14)18(10-26)25-11-22-17-8-12(5-6-15(17)20(25)27)16-9-23-24-19(16)21/h2-9,18,22,26H,10-11H2,1H3,(H,23,24)/t18-/m1/s1. The Bertz CT molecular complexity index is 1020. The first-order chi connectivity index (χ1) is 13.6. The Labute approximate surface area is 166 Å². The van der Waals surface area contributed by atoms with E-state index in [1.54, 1.807) is 24.3 Å². The van der Waals surface area contributed by atoms with Gasteiger partial charge in [0.15, 0.2) is 0 Å². The second-order valence-corrected chi connectivity index (χ2v) is 6.82. The van der Waals surface area contributed by atoms with Crippen LogP contribution in [0.15, 0.2) is 48.7 Å². The van der Waals surface area contributed by atoms with Crippen molar-refractivity contribution < 1.29 is 14.6 Å². The molecule has 7 nitrogen and oxygen atoms in total. The lowest BCUT2D eigenvalue weighted by atomic mass is 10.00. The number of hydrogen-bond donors (Lipinski definition) is 3. The van der Waals surface area contributed by atoms with Crippen molar-refractivity contribution >= 4 is 23.2 Å². The maximum atomic E-state index is 13.1. The number of aromatic nitrogens is 2. The Hall–Kier alpha value is -3.03. The average Bonchev–Trinajstić information content (AvgIpc) is 3.16. The second-order valence-electron chi connectivity index (χ2n) is 6.44. The number of benzene rings is 2. The number of H-pyrrole nitrogens is 1. The molecule has 0 radical (unpaired) electrons. The summed E-state index contributed by atoms with van der Waals surface area (Å²) in [6.45, 7) is 0.0788. The first-order valence-electron chi connectivity index (χ1n) is 8.75. The van der Waals surface area contributed by atoms with Crippen LogP contribution in [0.25, 0.3) is 11.1 Å². The Kier molecular flexibility index (Phi) is 4.93. The second kappa shape index (κ2) is 7.53. The van der Waals surface area contributed by atoms with E-state index in [0.29, 0.717) is 16.5 Å². The number of nitrogens with zero attached hydrogens (tertiary/aromatic N) is 2. The van der Waals surface area contributed by atoms with Crippen molar-refractivity contribution in [3.05, 3.63) is 64.9 Å². The van der Waals surface area contributed by atoms with Crippen LogP contribution < -0.4 is 10.1 Å². The van der Waals surface area contributed by atoms with Crippen LogP contribution >= 0.6 is 11.6 Å². The normalized spacial score (nSPS) is 14.4. The summed E-state index contributed by atoms with van der Waals surface area (Å²) >= 11 is 6.11. The summed E-state index contributed by atoms with van der Waals surface area (Å²) in [6, 6.07) is 12.4. The van der Waals surface area contributed by atoms with Crippen molar-refractivity contribution in [3.8, 4) is 16.9 Å². The lowest BCUT2D eigenvalue weighted by Gasteiger charge is -2.35. The summed E-state index contributed by atoms with van der Waals surface area (Å²) in [6.07, 6.45) is 1.64. The molecule has 28 heavy (non-hydrogen) atoms. The maximum Gasteiger partial charge on any atom is 0.257 e. The molecule has 1 amide bonds. The minimum atomic E-state index is -0.480. The van der Waals surface area contributed by atoms with Gasteiger partial charge >= 0.3 is 0 Å². The number of carbonyl (C=O) groups excluding carboxylic acids is 1. The zero-order valence-electron chi connectivity index (χ0n) is 15.1. The molecule has 0 saturated heterocycles. The fourth-order valence-corrected chi connectivity index (χ4v) is 3.60. The molecule has 1 aromatic heterocycles. The zero-order valence-corrected chi connectivity index (χ0v) is 15.9. The largest absolute Gasteiger partial charge is 0.497 e. The molecule has 0 fully saturated rings. The van der Waals surface area contributed by atoms with Crippen molar-refractivity contribution in [1.82, 2.24) is 15.1 Å². The molecule has 0 saturated carbocycles. The molecule has 2 heterocycles. The SMILES string of the molecule is COc1cccc([C@@H](CO)N2CNc3cc(-c4cn[nH]c4Cl)ccc3C2=O)c1. The van der Waals surface area contributed by atoms with Gasteiger partial charge in [-0.3, -0.25) is 9.89 Å². The third-order valence-corrected chi connectivity index (χ3v) is 5.17. The summed E-state index contributed by atoms with van der Waals surface area (Å²) < 4.78 is 5.26. The van der Waals surface area contributed by atoms with Gasteiger partial charge in [-0.05, 0) is 35.4 Å². The molecule has 144 valence electrons. The summed E-state index contributed by atoms with van der Waals surface area (Å²) in [5, 5.41) is 20.3. The van der Waals surface area contributed by atoms with Crippen LogP contribution in [0.3, 0.4) is 0 Å². The van der Waals surface area contributed by atoms with E-state index in [9.17, 15) is 9.90 Å². The number of carbonyl (C=O) groups is 1. The molecule has 0 unspecified atom stereocenters. The number of halogens is 1. The molecule has 1 atom stereocenters. The minimum Gasteiger partial charge on any atom is -0.497 e. The van der Waals surface area contributed by atoms with E-state index < -0.39 is 6.04 Å². The summed E-state index contributed by atoms with van der Waals surface area (Å²) in [5.74, 6) is 0.524. The van der Waals surface area contributed by atoms with Crippen LogP contribution in [0.2, 0.25) is 5.15 Å². The highest BCUT2D eigenvalue weighted by molar-refractivity contribution is 6.32. The molecule has 2 aromatic carbocycles. The molecule has 0 spiro atoms. The first-order valence-corrected chi connectivity index (χ1v) is 9.13. The average molecular weight is 399 g/mol. The van der Waals surface area contributed by atoms with Crippen LogP contribution in [-0.4, -0.2) is 46.5 Å². The van der Waals surface area contributed by atoms with Crippen molar-refractivity contribution in [1.29, 1.82) is 0 Å². The number of aliphatic hydroxyl groups is 1. The number of ether oxygens (including phenoxy) is 1. The number of rotatable bonds is 5. The number of fused-ring (bicyclic) bond motifs is 1. The predicted molar refractivity (Wildman–Crippen MR) is 107 cm³/mol. The summed E-state index contributed by atoms with van der Waals surface area (Å²) in [5.41, 5.74) is 3.69. The first kappa shape index (κ1) is 18.3. The van der Waals surface area contributed by atoms with E-state index >= 15 is 0 Å². The van der Waals surface area contributed by atoms with Gasteiger partial charge in [0.25, 0.3) is 5.91 Å². The number of aliphatic hydroxyl groups excluding tert-OH is 1. The highest BCUT2D eigenvalue weighted by Gasteiger charge is 2.31. The summed E-state index contributed by atoms with van der Waals surface area (Å²) in [7, 11) is 1.58. The number of anilines is 1. The smallest absolute Gasteiger partial charge is 0.257 e. The molecule has 1 aliphatic rings. The lowest BCUT2D eigenvalue weighted by Crippen LogP contribution is -2.43. The number of amides is 1. The van der Waals surface area contributed by atoms with Crippen LogP contribution in [0.4, 0.5) is 5.69 Å². The van der Waals surface area contributed by atoms with Crippen LogP contribution in [0, 0.1) is 0 Å². The van der Waals surface area contributed by atoms with Crippen molar-refractivity contribution in [2.24, 2.45) is 0 Å². The molecular formula is C20H19ClN4O3. The maximum absolute atomic E-state index is 13.1. The Morgan fingerprint density at radius 1 is 1.29 bits per heavy atom. The van der Waals surface area contributed by atoms with Crippen LogP contribution in [-0.2, 0) is 0 Å². The highest BCUT2D eigenvalue weighted by Crippen LogP contribution is 2.34. The van der Waals surface area contributed by atoms with Crippen LogP contribution in [0.1, 0.15) is 22.0 Å². The quantitative estimate of drug-likeness (QED) is 0.613. The van der Waals surface area contributed by atoms with E-state index in [1.165, 1.54) is 0 Å². The molecule has 1 aliphatic heterocycles. The van der Waals surface area contributed by atoms with Crippen molar-refractivity contribution in [3.63, 3.8) is 0 Å². The molecular weight excluding hydrogens is 380 g/mol. The number of aromatic amines is 1. The van der Waals surface area contributed by atoms with Crippen LogP contribution in [0.5, 0.6) is 5.75 Å². The highest BCUT2D eigenvalue weighted by atomic mass is 35.5. The molecule has 0 bridgehead atoms. The molecule has 3 N–H and O–H groups in total. The molecule has 8 heteroatoms. The van der Waals surface area contributed by atoms with Crippen molar-refractivity contribution in [2.75, 3.05) is 25.7 Å². The molecule has 0 aliphatic carbocycles. The van der Waals surface area contributed by atoms with E-state index in [-0.39, 0.29) is 19.2 Å². The Morgan fingerprint density at radius 3 is 2.86 bits per heavy atom. The van der Waals surface area contributed by atoms with Gasteiger partial charge in [-0.15, -0.1) is 0 Å². The Morgan fingerprint density at radius 2 is 2.14 bits per heavy atom. The van der Waals surface area contributed by atoms with Gasteiger partial charge in [0.05, 0.1) is 38.2 Å². The van der Waals surface area contributed by atoms with E-state index in [2.05, 4.69) is 15.5 Å². The fraction of sp³-hybridized carbons (Fsp3) is 0.200. The lowest BCUT2D eigenvalue weighted by molar-refractivity contribution is 0.0597. The van der Waals surface area contributed by atoms with Gasteiger partial charge in [0.2, 0.25) is 0 Å². The van der Waals surface area contributed by atoms with Gasteiger partial charge in [0.1, 0.15) is 10.9 Å². The Balaban J connectivity index is 1.65. The van der Waals surface area contributed by atoms with Crippen molar-refractivity contribution in [2.45, 2.75) is 6.04 Å².